The first-order valence-corrected chi connectivity index (χ1v) is 3.59. The molecule has 0 aliphatic rings. The molecule has 0 unspecified atom stereocenters. The lowest BCUT2D eigenvalue weighted by atomic mass is 10.5. The fraction of sp³-hybridized carbons (Fsp3) is 0.500. The van der Waals surface area contributed by atoms with E-state index in [-0.39, 0.29) is 6.79 Å². The molecule has 0 amide bonds. The van der Waals surface area contributed by atoms with Gasteiger partial charge in [-0.3, -0.25) is 0 Å². The molecule has 0 aliphatic carbocycles. The molecule has 0 N–H and O–H groups in total. The largest absolute Gasteiger partial charge is 0.462 e. The molecule has 0 radical (unpaired) electrons. The van der Waals surface area contributed by atoms with Crippen LogP contribution in [0.15, 0.2) is 24.5 Å². The van der Waals surface area contributed by atoms with Crippen LogP contribution in [-0.2, 0) is 14.2 Å². The standard InChI is InChI=1S/C8H12F2O3/c1-3-7(8(9)10)13-6-12-5-4-11-2/h3H,1,4-6H2,2H3. The summed E-state index contributed by atoms with van der Waals surface area (Å²) in [5, 5.41) is 0. The first kappa shape index (κ1) is 12.1. The van der Waals surface area contributed by atoms with Crippen LogP contribution in [0.5, 0.6) is 0 Å². The van der Waals surface area contributed by atoms with E-state index in [9.17, 15) is 8.78 Å². The zero-order valence-corrected chi connectivity index (χ0v) is 7.39. The van der Waals surface area contributed by atoms with Gasteiger partial charge in [0.1, 0.15) is 0 Å². The smallest absolute Gasteiger partial charge is 0.311 e. The number of hydrogen-bond acceptors (Lipinski definition) is 3. The maximum Gasteiger partial charge on any atom is 0.311 e. The van der Waals surface area contributed by atoms with Crippen LogP contribution in [0.3, 0.4) is 0 Å². The number of allylic oxidation sites excluding steroid dienone is 1. The van der Waals surface area contributed by atoms with Gasteiger partial charge in [0, 0.05) is 7.11 Å². The second-order valence-corrected chi connectivity index (χ2v) is 1.99. The Morgan fingerprint density at radius 2 is 2.08 bits per heavy atom. The lowest BCUT2D eigenvalue weighted by Gasteiger charge is -2.05. The predicted octanol–water partition coefficient (Wildman–Crippen LogP) is 1.92. The van der Waals surface area contributed by atoms with Crippen molar-refractivity contribution in [3.8, 4) is 0 Å². The lowest BCUT2D eigenvalue weighted by molar-refractivity contribution is -0.0397. The Morgan fingerprint density at radius 3 is 2.54 bits per heavy atom. The number of hydrogen-bond donors (Lipinski definition) is 0. The minimum Gasteiger partial charge on any atom is -0.462 e. The van der Waals surface area contributed by atoms with E-state index in [1.54, 1.807) is 0 Å². The monoisotopic (exact) mass is 194 g/mol. The summed E-state index contributed by atoms with van der Waals surface area (Å²) in [7, 11) is 1.51. The van der Waals surface area contributed by atoms with Gasteiger partial charge in [-0.05, 0) is 6.08 Å². The first-order valence-electron chi connectivity index (χ1n) is 3.59. The van der Waals surface area contributed by atoms with Gasteiger partial charge in [0.15, 0.2) is 12.6 Å². The molecular formula is C8H12F2O3. The summed E-state index contributed by atoms with van der Waals surface area (Å²) in [4.78, 5) is 0. The zero-order chi connectivity index (χ0) is 10.1. The van der Waals surface area contributed by atoms with Crippen molar-refractivity contribution in [3.63, 3.8) is 0 Å². The van der Waals surface area contributed by atoms with Crippen LogP contribution in [0.1, 0.15) is 0 Å². The minimum absolute atomic E-state index is 0.234. The molecule has 0 rings (SSSR count). The summed E-state index contributed by atoms with van der Waals surface area (Å²) in [5.74, 6) is -0.558. The van der Waals surface area contributed by atoms with Crippen molar-refractivity contribution in [3.05, 3.63) is 24.5 Å². The second kappa shape index (κ2) is 7.70. The van der Waals surface area contributed by atoms with Crippen LogP contribution < -0.4 is 0 Å². The molecule has 0 aliphatic heterocycles. The summed E-state index contributed by atoms with van der Waals surface area (Å²) < 4.78 is 37.7. The van der Waals surface area contributed by atoms with Gasteiger partial charge in [0.2, 0.25) is 0 Å². The van der Waals surface area contributed by atoms with E-state index >= 15 is 0 Å². The maximum absolute atomic E-state index is 11.9. The van der Waals surface area contributed by atoms with E-state index in [4.69, 9.17) is 4.74 Å². The zero-order valence-electron chi connectivity index (χ0n) is 7.39. The Bertz CT molecular complexity index is 176. The molecule has 0 fully saturated rings. The molecule has 0 heterocycles. The molecule has 0 aromatic rings. The topological polar surface area (TPSA) is 27.7 Å². The molecule has 0 saturated carbocycles. The van der Waals surface area contributed by atoms with Crippen molar-refractivity contribution in [1.29, 1.82) is 0 Å². The van der Waals surface area contributed by atoms with E-state index in [0.717, 1.165) is 6.08 Å². The molecule has 0 saturated heterocycles. The van der Waals surface area contributed by atoms with E-state index in [0.29, 0.717) is 13.2 Å². The SMILES string of the molecule is C=CC(OCOCCOC)=C(F)F. The highest BCUT2D eigenvalue weighted by Crippen LogP contribution is 2.09. The molecule has 5 heteroatoms. The predicted molar refractivity (Wildman–Crippen MR) is 43.2 cm³/mol. The Hall–Kier alpha value is -0.940. The van der Waals surface area contributed by atoms with Crippen LogP contribution >= 0.6 is 0 Å². The molecule has 0 aromatic carbocycles. The highest BCUT2D eigenvalue weighted by Gasteiger charge is 2.01. The molecule has 13 heavy (non-hydrogen) atoms. The summed E-state index contributed by atoms with van der Waals surface area (Å²) >= 11 is 0. The molecule has 0 bridgehead atoms. The minimum atomic E-state index is -1.91. The molecule has 3 nitrogen and oxygen atoms in total. The van der Waals surface area contributed by atoms with Crippen molar-refractivity contribution >= 4 is 0 Å². The van der Waals surface area contributed by atoms with Gasteiger partial charge in [-0.2, -0.15) is 8.78 Å². The summed E-state index contributed by atoms with van der Waals surface area (Å²) in [6.07, 6.45) is -0.986. The van der Waals surface area contributed by atoms with Crippen molar-refractivity contribution in [2.75, 3.05) is 27.1 Å². The number of halogens is 2. The highest BCUT2D eigenvalue weighted by molar-refractivity contribution is 5.08. The normalized spacial score (nSPS) is 9.46. The second-order valence-electron chi connectivity index (χ2n) is 1.99. The summed E-state index contributed by atoms with van der Waals surface area (Å²) in [6.45, 7) is 3.62. The first-order chi connectivity index (χ1) is 6.22. The molecule has 0 aromatic heterocycles. The third-order valence-electron chi connectivity index (χ3n) is 1.10. The fourth-order valence-corrected chi connectivity index (χ4v) is 0.497. The van der Waals surface area contributed by atoms with E-state index in [2.05, 4.69) is 16.1 Å². The molecule has 76 valence electrons. The number of rotatable bonds is 7. The van der Waals surface area contributed by atoms with Gasteiger partial charge in [-0.25, -0.2) is 0 Å². The average Bonchev–Trinajstić information content (AvgIpc) is 2.10. The van der Waals surface area contributed by atoms with E-state index in [1.165, 1.54) is 7.11 Å². The average molecular weight is 194 g/mol. The Kier molecular flexibility index (Phi) is 7.14. The maximum atomic E-state index is 11.9. The van der Waals surface area contributed by atoms with Crippen molar-refractivity contribution < 1.29 is 23.0 Å². The Balaban J connectivity index is 3.51. The summed E-state index contributed by atoms with van der Waals surface area (Å²) in [6, 6.07) is 0. The Morgan fingerprint density at radius 1 is 1.38 bits per heavy atom. The van der Waals surface area contributed by atoms with E-state index < -0.39 is 11.8 Å². The molecular weight excluding hydrogens is 182 g/mol. The van der Waals surface area contributed by atoms with E-state index in [1.807, 2.05) is 0 Å². The van der Waals surface area contributed by atoms with Crippen LogP contribution in [0.2, 0.25) is 0 Å². The highest BCUT2D eigenvalue weighted by atomic mass is 19.3. The van der Waals surface area contributed by atoms with Crippen LogP contribution in [0, 0.1) is 0 Å². The van der Waals surface area contributed by atoms with Gasteiger partial charge in [0.25, 0.3) is 0 Å². The van der Waals surface area contributed by atoms with Crippen molar-refractivity contribution in [2.45, 2.75) is 0 Å². The quantitative estimate of drug-likeness (QED) is 0.268. The summed E-state index contributed by atoms with van der Waals surface area (Å²) in [5.41, 5.74) is 0. The third-order valence-corrected chi connectivity index (χ3v) is 1.10. The number of ether oxygens (including phenoxy) is 3. The molecule has 0 spiro atoms. The van der Waals surface area contributed by atoms with Gasteiger partial charge in [0.05, 0.1) is 13.2 Å². The van der Waals surface area contributed by atoms with Crippen LogP contribution in [0.4, 0.5) is 8.78 Å². The lowest BCUT2D eigenvalue weighted by Crippen LogP contribution is -2.05. The molecule has 0 atom stereocenters. The third kappa shape index (κ3) is 6.24. The Labute approximate surface area is 75.6 Å². The van der Waals surface area contributed by atoms with Crippen molar-refractivity contribution in [2.24, 2.45) is 0 Å². The van der Waals surface area contributed by atoms with Crippen molar-refractivity contribution in [1.82, 2.24) is 0 Å². The van der Waals surface area contributed by atoms with Gasteiger partial charge in [-0.15, -0.1) is 0 Å². The van der Waals surface area contributed by atoms with Gasteiger partial charge < -0.3 is 14.2 Å². The van der Waals surface area contributed by atoms with Gasteiger partial charge in [-0.1, -0.05) is 6.58 Å². The fourth-order valence-electron chi connectivity index (χ4n) is 0.497. The van der Waals surface area contributed by atoms with Gasteiger partial charge >= 0.3 is 6.08 Å². The van der Waals surface area contributed by atoms with Crippen LogP contribution in [-0.4, -0.2) is 27.1 Å². The van der Waals surface area contributed by atoms with Crippen LogP contribution in [0.25, 0.3) is 0 Å². The number of methoxy groups -OCH3 is 1.